The molecule has 0 spiro atoms. The zero-order valence-corrected chi connectivity index (χ0v) is 18.4. The van der Waals surface area contributed by atoms with Crippen LogP contribution in [0.25, 0.3) is 0 Å². The number of piperidine rings is 1. The first kappa shape index (κ1) is 21.3. The number of likely N-dealkylation sites (tertiary alicyclic amines) is 1. The monoisotopic (exact) mass is 414 g/mol. The van der Waals surface area contributed by atoms with Crippen molar-refractivity contribution in [3.8, 4) is 5.75 Å². The SMILES string of the molecule is COc1cccc(N2CCC(CNC(=O)NC3CCN(CC4CCCC4)CC3)C2)c1. The molecule has 2 saturated heterocycles. The molecule has 166 valence electrons. The minimum atomic E-state index is 0.00377. The first-order valence-corrected chi connectivity index (χ1v) is 11.9. The Kier molecular flexibility index (Phi) is 7.37. The van der Waals surface area contributed by atoms with Gasteiger partial charge in [-0.3, -0.25) is 0 Å². The van der Waals surface area contributed by atoms with Gasteiger partial charge in [0.15, 0.2) is 0 Å². The molecule has 1 saturated carbocycles. The van der Waals surface area contributed by atoms with Gasteiger partial charge in [0.25, 0.3) is 0 Å². The Balaban J connectivity index is 1.13. The molecule has 2 heterocycles. The van der Waals surface area contributed by atoms with Crippen LogP contribution in [0.2, 0.25) is 0 Å². The number of amides is 2. The van der Waals surface area contributed by atoms with Crippen LogP contribution < -0.4 is 20.3 Å². The standard InChI is InChI=1S/C24H38N4O2/c1-30-23-8-4-7-22(15-23)28-14-9-20(18-28)16-25-24(29)26-21-10-12-27(13-11-21)17-19-5-2-3-6-19/h4,7-8,15,19-21H,2-3,5-6,9-14,16-18H2,1H3,(H2,25,26,29). The summed E-state index contributed by atoms with van der Waals surface area (Å²) in [6, 6.07) is 8.55. The zero-order valence-electron chi connectivity index (χ0n) is 18.4. The number of methoxy groups -OCH3 is 1. The predicted molar refractivity (Wildman–Crippen MR) is 121 cm³/mol. The number of hydrogen-bond acceptors (Lipinski definition) is 4. The number of carbonyl (C=O) groups excluding carboxylic acids is 1. The highest BCUT2D eigenvalue weighted by Gasteiger charge is 2.26. The maximum Gasteiger partial charge on any atom is 0.315 e. The van der Waals surface area contributed by atoms with Crippen LogP contribution in [0.4, 0.5) is 10.5 Å². The summed E-state index contributed by atoms with van der Waals surface area (Å²) in [4.78, 5) is 17.4. The number of carbonyl (C=O) groups is 1. The van der Waals surface area contributed by atoms with Crippen molar-refractivity contribution in [3.63, 3.8) is 0 Å². The van der Waals surface area contributed by atoms with Crippen LogP contribution in [-0.2, 0) is 0 Å². The van der Waals surface area contributed by atoms with Crippen molar-refractivity contribution in [1.29, 1.82) is 0 Å². The Labute approximate surface area is 181 Å². The quantitative estimate of drug-likeness (QED) is 0.717. The lowest BCUT2D eigenvalue weighted by molar-refractivity contribution is 0.171. The number of ether oxygens (including phenoxy) is 1. The number of anilines is 1. The maximum absolute atomic E-state index is 12.4. The van der Waals surface area contributed by atoms with E-state index >= 15 is 0 Å². The Hall–Kier alpha value is -1.95. The van der Waals surface area contributed by atoms with Crippen molar-refractivity contribution < 1.29 is 9.53 Å². The molecular formula is C24H38N4O2. The van der Waals surface area contributed by atoms with Crippen molar-refractivity contribution in [2.75, 3.05) is 51.3 Å². The second kappa shape index (κ2) is 10.4. The predicted octanol–water partition coefficient (Wildman–Crippen LogP) is 3.48. The topological polar surface area (TPSA) is 56.8 Å². The van der Waals surface area contributed by atoms with E-state index in [0.29, 0.717) is 12.0 Å². The molecule has 3 aliphatic rings. The van der Waals surface area contributed by atoms with E-state index in [2.05, 4.69) is 32.6 Å². The lowest BCUT2D eigenvalue weighted by Crippen LogP contribution is -2.49. The fraction of sp³-hybridized carbons (Fsp3) is 0.708. The third kappa shape index (κ3) is 5.81. The summed E-state index contributed by atoms with van der Waals surface area (Å²) >= 11 is 0. The van der Waals surface area contributed by atoms with E-state index in [1.165, 1.54) is 37.9 Å². The molecule has 1 unspecified atom stereocenters. The molecule has 1 atom stereocenters. The Morgan fingerprint density at radius 3 is 2.63 bits per heavy atom. The molecule has 1 aromatic rings. The van der Waals surface area contributed by atoms with E-state index in [1.54, 1.807) is 7.11 Å². The molecule has 3 fully saturated rings. The smallest absolute Gasteiger partial charge is 0.315 e. The van der Waals surface area contributed by atoms with E-state index < -0.39 is 0 Å². The lowest BCUT2D eigenvalue weighted by atomic mass is 10.0. The van der Waals surface area contributed by atoms with Crippen LogP contribution in [0.15, 0.2) is 24.3 Å². The van der Waals surface area contributed by atoms with Gasteiger partial charge in [-0.1, -0.05) is 18.9 Å². The van der Waals surface area contributed by atoms with E-state index in [4.69, 9.17) is 4.74 Å². The molecule has 2 amide bonds. The highest BCUT2D eigenvalue weighted by atomic mass is 16.5. The Morgan fingerprint density at radius 2 is 1.87 bits per heavy atom. The fourth-order valence-corrected chi connectivity index (χ4v) is 5.33. The molecule has 6 heteroatoms. The molecule has 0 aromatic heterocycles. The molecule has 1 aromatic carbocycles. The van der Waals surface area contributed by atoms with Crippen molar-refractivity contribution in [3.05, 3.63) is 24.3 Å². The number of nitrogens with one attached hydrogen (secondary N) is 2. The third-order valence-corrected chi connectivity index (χ3v) is 7.17. The summed E-state index contributed by atoms with van der Waals surface area (Å²) in [6.07, 6.45) is 8.92. The zero-order chi connectivity index (χ0) is 20.8. The van der Waals surface area contributed by atoms with E-state index in [0.717, 1.165) is 63.7 Å². The highest BCUT2D eigenvalue weighted by molar-refractivity contribution is 5.74. The van der Waals surface area contributed by atoms with Crippen molar-refractivity contribution in [1.82, 2.24) is 15.5 Å². The van der Waals surface area contributed by atoms with Crippen molar-refractivity contribution in [2.45, 2.75) is 51.0 Å². The third-order valence-electron chi connectivity index (χ3n) is 7.17. The highest BCUT2D eigenvalue weighted by Crippen LogP contribution is 2.27. The lowest BCUT2D eigenvalue weighted by Gasteiger charge is -2.33. The number of urea groups is 1. The van der Waals surface area contributed by atoms with E-state index in [-0.39, 0.29) is 6.03 Å². The van der Waals surface area contributed by atoms with Gasteiger partial charge in [-0.05, 0) is 56.1 Å². The molecule has 30 heavy (non-hydrogen) atoms. The number of benzene rings is 1. The number of hydrogen-bond donors (Lipinski definition) is 2. The van der Waals surface area contributed by atoms with Crippen molar-refractivity contribution >= 4 is 11.7 Å². The van der Waals surface area contributed by atoms with Gasteiger partial charge in [-0.15, -0.1) is 0 Å². The first-order valence-electron chi connectivity index (χ1n) is 11.9. The average Bonchev–Trinajstić information content (AvgIpc) is 3.46. The minimum absolute atomic E-state index is 0.00377. The van der Waals surface area contributed by atoms with Crippen LogP contribution in [0.1, 0.15) is 44.9 Å². The van der Waals surface area contributed by atoms with Crippen LogP contribution in [0.5, 0.6) is 5.75 Å². The number of nitrogens with zero attached hydrogens (tertiary/aromatic N) is 2. The van der Waals surface area contributed by atoms with E-state index in [9.17, 15) is 4.79 Å². The molecule has 6 nitrogen and oxygen atoms in total. The molecule has 1 aliphatic carbocycles. The van der Waals surface area contributed by atoms with E-state index in [1.807, 2.05) is 12.1 Å². The van der Waals surface area contributed by atoms with Gasteiger partial charge in [0.05, 0.1) is 7.11 Å². The van der Waals surface area contributed by atoms with Gasteiger partial charge < -0.3 is 25.2 Å². The molecule has 4 rings (SSSR count). The molecule has 2 N–H and O–H groups in total. The van der Waals surface area contributed by atoms with Crippen LogP contribution >= 0.6 is 0 Å². The minimum Gasteiger partial charge on any atom is -0.497 e. The average molecular weight is 415 g/mol. The van der Waals surface area contributed by atoms with Crippen LogP contribution in [-0.4, -0.2) is 63.4 Å². The van der Waals surface area contributed by atoms with Crippen LogP contribution in [0.3, 0.4) is 0 Å². The molecule has 2 aliphatic heterocycles. The largest absolute Gasteiger partial charge is 0.497 e. The van der Waals surface area contributed by atoms with Crippen molar-refractivity contribution in [2.24, 2.45) is 11.8 Å². The normalized spacial score (nSPS) is 23.6. The Morgan fingerprint density at radius 1 is 1.07 bits per heavy atom. The van der Waals surface area contributed by atoms with Gasteiger partial charge in [-0.2, -0.15) is 0 Å². The summed E-state index contributed by atoms with van der Waals surface area (Å²) in [5.74, 6) is 2.30. The Bertz CT molecular complexity index is 684. The second-order valence-electron chi connectivity index (χ2n) is 9.38. The number of rotatable bonds is 7. The van der Waals surface area contributed by atoms with Crippen LogP contribution in [0, 0.1) is 11.8 Å². The van der Waals surface area contributed by atoms with Gasteiger partial charge in [0.2, 0.25) is 0 Å². The maximum atomic E-state index is 12.4. The summed E-state index contributed by atoms with van der Waals surface area (Å²) < 4.78 is 5.34. The molecule has 0 radical (unpaired) electrons. The van der Waals surface area contributed by atoms with Gasteiger partial charge >= 0.3 is 6.03 Å². The summed E-state index contributed by atoms with van der Waals surface area (Å²) in [7, 11) is 1.70. The molecule has 0 bridgehead atoms. The second-order valence-corrected chi connectivity index (χ2v) is 9.38. The summed E-state index contributed by atoms with van der Waals surface area (Å²) in [6.45, 7) is 6.27. The van der Waals surface area contributed by atoms with Gasteiger partial charge in [0.1, 0.15) is 5.75 Å². The summed E-state index contributed by atoms with van der Waals surface area (Å²) in [5, 5.41) is 6.33. The van der Waals surface area contributed by atoms with Gasteiger partial charge in [-0.25, -0.2) is 4.79 Å². The fourth-order valence-electron chi connectivity index (χ4n) is 5.33. The summed E-state index contributed by atoms with van der Waals surface area (Å²) in [5.41, 5.74) is 1.20. The van der Waals surface area contributed by atoms with Gasteiger partial charge in [0, 0.05) is 57.1 Å². The molecular weight excluding hydrogens is 376 g/mol. The first-order chi connectivity index (χ1) is 14.7.